The molecular weight excluding hydrogens is 390 g/mol. The highest BCUT2D eigenvalue weighted by molar-refractivity contribution is 4.87. The van der Waals surface area contributed by atoms with Crippen molar-refractivity contribution in [1.82, 2.24) is 5.06 Å². The van der Waals surface area contributed by atoms with E-state index in [4.69, 9.17) is 0 Å². The second kappa shape index (κ2) is 28.4. The van der Waals surface area contributed by atoms with Gasteiger partial charge in [-0.3, -0.25) is 0 Å². The Labute approximate surface area is 202 Å². The van der Waals surface area contributed by atoms with Crippen LogP contribution in [0.15, 0.2) is 24.3 Å². The topological polar surface area (TPSA) is 23.5 Å². The second-order valence-electron chi connectivity index (χ2n) is 9.76. The monoisotopic (exact) mass is 449 g/mol. The van der Waals surface area contributed by atoms with Gasteiger partial charge in [0, 0.05) is 13.1 Å². The molecule has 0 saturated carbocycles. The predicted molar refractivity (Wildman–Crippen MR) is 145 cm³/mol. The third-order valence-electron chi connectivity index (χ3n) is 6.41. The van der Waals surface area contributed by atoms with Crippen LogP contribution in [-0.2, 0) is 0 Å². The second-order valence-corrected chi connectivity index (χ2v) is 9.76. The highest BCUT2D eigenvalue weighted by Gasteiger charge is 1.95. The van der Waals surface area contributed by atoms with Crippen molar-refractivity contribution < 1.29 is 5.21 Å². The van der Waals surface area contributed by atoms with Crippen molar-refractivity contribution in [1.29, 1.82) is 0 Å². The maximum absolute atomic E-state index is 9.93. The van der Waals surface area contributed by atoms with Gasteiger partial charge < -0.3 is 5.21 Å². The number of hydroxylamine groups is 2. The molecule has 0 atom stereocenters. The van der Waals surface area contributed by atoms with Crippen LogP contribution in [0.4, 0.5) is 0 Å². The van der Waals surface area contributed by atoms with Gasteiger partial charge >= 0.3 is 0 Å². The lowest BCUT2D eigenvalue weighted by Crippen LogP contribution is -2.18. The summed E-state index contributed by atoms with van der Waals surface area (Å²) >= 11 is 0. The Bertz CT molecular complexity index is 354. The van der Waals surface area contributed by atoms with Crippen molar-refractivity contribution in [2.75, 3.05) is 13.1 Å². The van der Waals surface area contributed by atoms with E-state index in [1.54, 1.807) is 0 Å². The van der Waals surface area contributed by atoms with E-state index >= 15 is 0 Å². The molecule has 1 N–H and O–H groups in total. The zero-order valence-electron chi connectivity index (χ0n) is 22.2. The maximum atomic E-state index is 9.93. The number of allylic oxidation sites excluding steroid dienone is 2. The van der Waals surface area contributed by atoms with Crippen molar-refractivity contribution in [2.24, 2.45) is 0 Å². The first-order chi connectivity index (χ1) is 15.8. The average Bonchev–Trinajstić information content (AvgIpc) is 2.80. The fourth-order valence-electron chi connectivity index (χ4n) is 4.20. The van der Waals surface area contributed by atoms with Gasteiger partial charge in [0.1, 0.15) is 0 Å². The molecule has 0 aliphatic carbocycles. The smallest absolute Gasteiger partial charge is 0.0422 e. The molecule has 0 saturated heterocycles. The van der Waals surface area contributed by atoms with E-state index in [9.17, 15) is 5.21 Å². The average molecular weight is 450 g/mol. The third kappa shape index (κ3) is 27.4. The summed E-state index contributed by atoms with van der Waals surface area (Å²) in [5, 5.41) is 11.3. The molecule has 2 nitrogen and oxygen atoms in total. The Morgan fingerprint density at radius 1 is 0.406 bits per heavy atom. The lowest BCUT2D eigenvalue weighted by atomic mass is 10.1. The van der Waals surface area contributed by atoms with Crippen molar-refractivity contribution in [3.05, 3.63) is 24.3 Å². The molecule has 0 radical (unpaired) electrons. The Kier molecular flexibility index (Phi) is 27.9. The molecule has 0 aromatic heterocycles. The van der Waals surface area contributed by atoms with Crippen LogP contribution in [-0.4, -0.2) is 23.4 Å². The molecule has 2 heteroatoms. The molecule has 0 aromatic carbocycles. The van der Waals surface area contributed by atoms with E-state index in [2.05, 4.69) is 38.2 Å². The van der Waals surface area contributed by atoms with Gasteiger partial charge in [0.2, 0.25) is 0 Å². The molecular formula is C30H59NO. The highest BCUT2D eigenvalue weighted by Crippen LogP contribution is 2.12. The summed E-state index contributed by atoms with van der Waals surface area (Å²) in [7, 11) is 0. The molecule has 0 bridgehead atoms. The van der Waals surface area contributed by atoms with Crippen LogP contribution >= 0.6 is 0 Å². The SMILES string of the molecule is CCCCCCCCCCCCC=CCN(O)CC=CCCCCCCCCCCCC. The zero-order valence-corrected chi connectivity index (χ0v) is 22.2. The normalized spacial score (nSPS) is 12.1. The van der Waals surface area contributed by atoms with Crippen molar-refractivity contribution >= 4 is 0 Å². The van der Waals surface area contributed by atoms with Gasteiger partial charge in [-0.15, -0.1) is 0 Å². The van der Waals surface area contributed by atoms with Crippen LogP contribution in [0.2, 0.25) is 0 Å². The number of nitrogens with zero attached hydrogens (tertiary/aromatic N) is 1. The fraction of sp³-hybridized carbons (Fsp3) is 0.867. The van der Waals surface area contributed by atoms with E-state index in [0.717, 1.165) is 12.8 Å². The first-order valence-electron chi connectivity index (χ1n) is 14.5. The number of rotatable bonds is 26. The van der Waals surface area contributed by atoms with Crippen LogP contribution in [0, 0.1) is 0 Å². The zero-order chi connectivity index (χ0) is 23.4. The minimum atomic E-state index is 0.639. The molecule has 0 rings (SSSR count). The minimum absolute atomic E-state index is 0.639. The van der Waals surface area contributed by atoms with Crippen molar-refractivity contribution in [2.45, 2.75) is 155 Å². The molecule has 0 heterocycles. The molecule has 0 spiro atoms. The molecule has 0 amide bonds. The summed E-state index contributed by atoms with van der Waals surface area (Å²) in [4.78, 5) is 0. The summed E-state index contributed by atoms with van der Waals surface area (Å²) in [5.74, 6) is 0. The lowest BCUT2D eigenvalue weighted by Gasteiger charge is -2.08. The van der Waals surface area contributed by atoms with Gasteiger partial charge in [0.25, 0.3) is 0 Å². The van der Waals surface area contributed by atoms with Gasteiger partial charge in [-0.25, -0.2) is 0 Å². The van der Waals surface area contributed by atoms with E-state index in [-0.39, 0.29) is 0 Å². The Morgan fingerprint density at radius 3 is 1.00 bits per heavy atom. The summed E-state index contributed by atoms with van der Waals surface area (Å²) in [6.45, 7) is 5.84. The van der Waals surface area contributed by atoms with Gasteiger partial charge in [-0.1, -0.05) is 154 Å². The highest BCUT2D eigenvalue weighted by atomic mass is 16.5. The minimum Gasteiger partial charge on any atom is -0.313 e. The molecule has 0 aliphatic rings. The van der Waals surface area contributed by atoms with Crippen LogP contribution in [0.5, 0.6) is 0 Å². The Morgan fingerprint density at radius 2 is 0.688 bits per heavy atom. The lowest BCUT2D eigenvalue weighted by molar-refractivity contribution is -0.0693. The summed E-state index contributed by atoms with van der Waals surface area (Å²) in [6, 6.07) is 0. The summed E-state index contributed by atoms with van der Waals surface area (Å²) < 4.78 is 0. The van der Waals surface area contributed by atoms with E-state index in [1.807, 2.05) is 0 Å². The summed E-state index contributed by atoms with van der Waals surface area (Å²) in [5.41, 5.74) is 0. The molecule has 32 heavy (non-hydrogen) atoms. The van der Waals surface area contributed by atoms with Crippen LogP contribution in [0.3, 0.4) is 0 Å². The van der Waals surface area contributed by atoms with Crippen LogP contribution < -0.4 is 0 Å². The fourth-order valence-corrected chi connectivity index (χ4v) is 4.20. The maximum Gasteiger partial charge on any atom is 0.0422 e. The number of hydrogen-bond donors (Lipinski definition) is 1. The predicted octanol–water partition coefficient (Wildman–Crippen LogP) is 10.4. The molecule has 0 fully saturated rings. The van der Waals surface area contributed by atoms with Gasteiger partial charge in [-0.05, 0) is 25.7 Å². The quantitative estimate of drug-likeness (QED) is 0.0806. The van der Waals surface area contributed by atoms with Crippen LogP contribution in [0.1, 0.15) is 155 Å². The molecule has 0 unspecified atom stereocenters. The third-order valence-corrected chi connectivity index (χ3v) is 6.41. The largest absolute Gasteiger partial charge is 0.313 e. The van der Waals surface area contributed by atoms with Crippen molar-refractivity contribution in [3.63, 3.8) is 0 Å². The van der Waals surface area contributed by atoms with Crippen molar-refractivity contribution in [3.8, 4) is 0 Å². The van der Waals surface area contributed by atoms with Gasteiger partial charge in [0.15, 0.2) is 0 Å². The van der Waals surface area contributed by atoms with E-state index in [0.29, 0.717) is 13.1 Å². The van der Waals surface area contributed by atoms with E-state index < -0.39 is 0 Å². The molecule has 0 aromatic rings. The molecule has 0 aliphatic heterocycles. The Hall–Kier alpha value is -0.600. The standard InChI is InChI=1S/C30H59NO/c1-3-5-7-9-11-13-15-17-19-21-23-25-27-29-31(32)30-28-26-24-22-20-18-16-14-12-10-8-6-4-2/h25-28,32H,3-24,29-30H2,1-2H3. The molecule has 190 valence electrons. The summed E-state index contributed by atoms with van der Waals surface area (Å²) in [6.07, 6.45) is 38.8. The first kappa shape index (κ1) is 31.4. The number of hydrogen-bond acceptors (Lipinski definition) is 2. The van der Waals surface area contributed by atoms with Gasteiger partial charge in [0.05, 0.1) is 0 Å². The van der Waals surface area contributed by atoms with Crippen LogP contribution in [0.25, 0.3) is 0 Å². The number of unbranched alkanes of at least 4 members (excludes halogenated alkanes) is 20. The van der Waals surface area contributed by atoms with Gasteiger partial charge in [-0.2, -0.15) is 5.06 Å². The Balaban J connectivity index is 3.30. The van der Waals surface area contributed by atoms with E-state index in [1.165, 1.54) is 133 Å². The first-order valence-corrected chi connectivity index (χ1v) is 14.5.